The second-order valence-electron chi connectivity index (χ2n) is 7.12. The molecule has 3 rings (SSSR count). The first-order valence-corrected chi connectivity index (χ1v) is 8.72. The van der Waals surface area contributed by atoms with Crippen LogP contribution in [0.5, 0.6) is 11.5 Å². The Labute approximate surface area is 148 Å². The molecular weight excluding hydrogens is 320 g/mol. The predicted octanol–water partition coefficient (Wildman–Crippen LogP) is 3.75. The molecule has 134 valence electrons. The van der Waals surface area contributed by atoms with E-state index in [-0.39, 0.29) is 36.5 Å². The summed E-state index contributed by atoms with van der Waals surface area (Å²) in [6.45, 7) is 9.67. The third-order valence-corrected chi connectivity index (χ3v) is 4.20. The number of hydrogen-bond acceptors (Lipinski definition) is 5. The van der Waals surface area contributed by atoms with E-state index in [1.165, 1.54) is 0 Å². The van der Waals surface area contributed by atoms with Gasteiger partial charge in [-0.3, -0.25) is 9.59 Å². The summed E-state index contributed by atoms with van der Waals surface area (Å²) in [5.41, 5.74) is 1.72. The number of Topliss-reactive ketones (excluding diaryl/α,β-unsaturated/α-hetero) is 2. The molecule has 1 aliphatic heterocycles. The van der Waals surface area contributed by atoms with Gasteiger partial charge in [-0.05, 0) is 40.7 Å². The van der Waals surface area contributed by atoms with Crippen molar-refractivity contribution in [3.63, 3.8) is 0 Å². The van der Waals surface area contributed by atoms with E-state index in [1.54, 1.807) is 12.1 Å². The number of hydrogen-bond donors (Lipinski definition) is 0. The summed E-state index contributed by atoms with van der Waals surface area (Å²) < 4.78 is 17.2. The Hall–Kier alpha value is -2.14. The SMILES string of the molecule is CC(C)Oc1cc(OC(C)C)c2c(c1)C(=O)C1=C(CO[C@@H](C)C1)C2=O. The molecule has 0 fully saturated rings. The van der Waals surface area contributed by atoms with Gasteiger partial charge in [0.25, 0.3) is 0 Å². The van der Waals surface area contributed by atoms with Crippen LogP contribution in [-0.2, 0) is 4.74 Å². The highest BCUT2D eigenvalue weighted by Gasteiger charge is 2.38. The molecule has 1 aliphatic carbocycles. The minimum Gasteiger partial charge on any atom is -0.491 e. The zero-order chi connectivity index (χ0) is 18.3. The number of ether oxygens (including phenoxy) is 3. The highest BCUT2D eigenvalue weighted by Crippen LogP contribution is 2.39. The fourth-order valence-corrected chi connectivity index (χ4v) is 3.22. The Bertz CT molecular complexity index is 758. The van der Waals surface area contributed by atoms with E-state index in [1.807, 2.05) is 34.6 Å². The van der Waals surface area contributed by atoms with Gasteiger partial charge in [-0.15, -0.1) is 0 Å². The monoisotopic (exact) mass is 344 g/mol. The molecule has 1 heterocycles. The predicted molar refractivity (Wildman–Crippen MR) is 93.7 cm³/mol. The van der Waals surface area contributed by atoms with Gasteiger partial charge in [0, 0.05) is 29.2 Å². The maximum Gasteiger partial charge on any atom is 0.196 e. The van der Waals surface area contributed by atoms with Crippen molar-refractivity contribution in [3.05, 3.63) is 34.4 Å². The van der Waals surface area contributed by atoms with Crippen LogP contribution in [0, 0.1) is 0 Å². The summed E-state index contributed by atoms with van der Waals surface area (Å²) in [4.78, 5) is 26.1. The first-order valence-electron chi connectivity index (χ1n) is 8.72. The highest BCUT2D eigenvalue weighted by molar-refractivity contribution is 6.28. The molecule has 1 atom stereocenters. The standard InChI is InChI=1S/C20H24O5/c1-10(2)24-13-7-15-18(17(8-13)25-11(3)4)20(22)16-9-23-12(5)6-14(16)19(15)21/h7-8,10-12H,6,9H2,1-5H3/t12-/m0/s1. The topological polar surface area (TPSA) is 61.8 Å². The van der Waals surface area contributed by atoms with Crippen molar-refractivity contribution in [1.29, 1.82) is 0 Å². The van der Waals surface area contributed by atoms with Crippen LogP contribution in [0.25, 0.3) is 0 Å². The Balaban J connectivity index is 2.15. The Kier molecular flexibility index (Phi) is 4.69. The van der Waals surface area contributed by atoms with Crippen LogP contribution in [0.1, 0.15) is 61.8 Å². The van der Waals surface area contributed by atoms with E-state index in [0.29, 0.717) is 40.2 Å². The highest BCUT2D eigenvalue weighted by atomic mass is 16.5. The summed E-state index contributed by atoms with van der Waals surface area (Å²) in [5, 5.41) is 0. The number of benzene rings is 1. The lowest BCUT2D eigenvalue weighted by atomic mass is 9.80. The first kappa shape index (κ1) is 17.7. The van der Waals surface area contributed by atoms with Crippen molar-refractivity contribution < 1.29 is 23.8 Å². The summed E-state index contributed by atoms with van der Waals surface area (Å²) >= 11 is 0. The summed E-state index contributed by atoms with van der Waals surface area (Å²) in [6.07, 6.45) is 0.213. The van der Waals surface area contributed by atoms with Crippen LogP contribution in [0.4, 0.5) is 0 Å². The maximum atomic E-state index is 13.0. The van der Waals surface area contributed by atoms with Crippen molar-refractivity contribution in [3.8, 4) is 11.5 Å². The molecule has 0 radical (unpaired) electrons. The summed E-state index contributed by atoms with van der Waals surface area (Å²) in [6, 6.07) is 3.36. The van der Waals surface area contributed by atoms with E-state index in [2.05, 4.69) is 0 Å². The van der Waals surface area contributed by atoms with Gasteiger partial charge in [0.05, 0.1) is 30.5 Å². The summed E-state index contributed by atoms with van der Waals surface area (Å²) in [7, 11) is 0. The third kappa shape index (κ3) is 3.33. The Morgan fingerprint density at radius 2 is 1.68 bits per heavy atom. The van der Waals surface area contributed by atoms with Crippen molar-refractivity contribution >= 4 is 11.6 Å². The van der Waals surface area contributed by atoms with Crippen LogP contribution in [0.3, 0.4) is 0 Å². The quantitative estimate of drug-likeness (QED) is 0.832. The second-order valence-corrected chi connectivity index (χ2v) is 7.12. The third-order valence-electron chi connectivity index (χ3n) is 4.20. The van der Waals surface area contributed by atoms with Crippen LogP contribution in [0.15, 0.2) is 23.3 Å². The van der Waals surface area contributed by atoms with Gasteiger partial charge in [0.1, 0.15) is 11.5 Å². The molecule has 0 saturated heterocycles. The molecule has 0 spiro atoms. The van der Waals surface area contributed by atoms with Crippen LogP contribution in [-0.4, -0.2) is 36.5 Å². The van der Waals surface area contributed by atoms with Crippen LogP contribution < -0.4 is 9.47 Å². The zero-order valence-electron chi connectivity index (χ0n) is 15.3. The van der Waals surface area contributed by atoms with Crippen molar-refractivity contribution in [2.45, 2.75) is 59.4 Å². The molecule has 2 aliphatic rings. The summed E-state index contributed by atoms with van der Waals surface area (Å²) in [5.74, 6) is 0.632. The van der Waals surface area contributed by atoms with Gasteiger partial charge in [-0.25, -0.2) is 0 Å². The van der Waals surface area contributed by atoms with Crippen molar-refractivity contribution in [1.82, 2.24) is 0 Å². The minimum atomic E-state index is -0.178. The van der Waals surface area contributed by atoms with Crippen molar-refractivity contribution in [2.75, 3.05) is 6.61 Å². The van der Waals surface area contributed by atoms with Gasteiger partial charge in [0.2, 0.25) is 0 Å². The molecule has 1 aromatic rings. The first-order chi connectivity index (χ1) is 11.8. The molecule has 0 unspecified atom stereocenters. The molecule has 0 bridgehead atoms. The Morgan fingerprint density at radius 1 is 1.00 bits per heavy atom. The van der Waals surface area contributed by atoms with E-state index < -0.39 is 0 Å². The molecule has 0 amide bonds. The van der Waals surface area contributed by atoms with Gasteiger partial charge >= 0.3 is 0 Å². The van der Waals surface area contributed by atoms with Gasteiger partial charge in [-0.2, -0.15) is 0 Å². The van der Waals surface area contributed by atoms with Crippen molar-refractivity contribution in [2.24, 2.45) is 0 Å². The normalized spacial score (nSPS) is 20.0. The number of ketones is 2. The largest absolute Gasteiger partial charge is 0.491 e. The molecule has 0 N–H and O–H groups in total. The lowest BCUT2D eigenvalue weighted by molar-refractivity contribution is 0.0614. The van der Waals surface area contributed by atoms with E-state index >= 15 is 0 Å². The average molecular weight is 344 g/mol. The van der Waals surface area contributed by atoms with Crippen LogP contribution >= 0.6 is 0 Å². The molecule has 5 nitrogen and oxygen atoms in total. The zero-order valence-corrected chi connectivity index (χ0v) is 15.3. The number of carbonyl (C=O) groups is 2. The van der Waals surface area contributed by atoms with Gasteiger partial charge in [0.15, 0.2) is 11.6 Å². The molecule has 0 saturated carbocycles. The van der Waals surface area contributed by atoms with Gasteiger partial charge in [-0.1, -0.05) is 0 Å². The molecule has 5 heteroatoms. The number of rotatable bonds is 4. The lowest BCUT2D eigenvalue weighted by Gasteiger charge is -2.29. The fraction of sp³-hybridized carbons (Fsp3) is 0.500. The fourth-order valence-electron chi connectivity index (χ4n) is 3.22. The van der Waals surface area contributed by atoms with E-state index in [9.17, 15) is 9.59 Å². The number of carbonyl (C=O) groups excluding carboxylic acids is 2. The molecule has 25 heavy (non-hydrogen) atoms. The number of fused-ring (bicyclic) bond motifs is 1. The molecular formula is C20H24O5. The average Bonchev–Trinajstić information content (AvgIpc) is 2.51. The second kappa shape index (κ2) is 6.64. The molecule has 0 aromatic heterocycles. The Morgan fingerprint density at radius 3 is 2.32 bits per heavy atom. The van der Waals surface area contributed by atoms with Crippen LogP contribution in [0.2, 0.25) is 0 Å². The minimum absolute atomic E-state index is 0.0442. The van der Waals surface area contributed by atoms with Gasteiger partial charge < -0.3 is 14.2 Å². The van der Waals surface area contributed by atoms with E-state index in [4.69, 9.17) is 14.2 Å². The maximum absolute atomic E-state index is 13.0. The van der Waals surface area contributed by atoms with E-state index in [0.717, 1.165) is 0 Å². The smallest absolute Gasteiger partial charge is 0.196 e. The molecule has 1 aromatic carbocycles. The lowest BCUT2D eigenvalue weighted by Crippen LogP contribution is -2.32.